The molecule has 1 N–H and O–H groups in total. The quantitative estimate of drug-likeness (QED) is 0.780. The van der Waals surface area contributed by atoms with Gasteiger partial charge in [0.2, 0.25) is 0 Å². The predicted octanol–water partition coefficient (Wildman–Crippen LogP) is 3.83. The fraction of sp³-hybridized carbons (Fsp3) is 0.211. The monoisotopic (exact) mass is 338 g/mol. The van der Waals surface area contributed by atoms with E-state index in [-0.39, 0.29) is 0 Å². The summed E-state index contributed by atoms with van der Waals surface area (Å²) in [5, 5.41) is 3.33. The second-order valence-corrected chi connectivity index (χ2v) is 5.62. The average Bonchev–Trinajstić information content (AvgIpc) is 3.17. The molecule has 0 radical (unpaired) electrons. The Morgan fingerprint density at radius 2 is 1.80 bits per heavy atom. The van der Waals surface area contributed by atoms with Crippen molar-refractivity contribution in [2.24, 2.45) is 0 Å². The molecule has 0 aliphatic carbocycles. The van der Waals surface area contributed by atoms with Gasteiger partial charge in [-0.05, 0) is 30.3 Å². The number of ether oxygens (including phenoxy) is 3. The molecule has 0 spiro atoms. The maximum absolute atomic E-state index is 5.68. The van der Waals surface area contributed by atoms with Crippen LogP contribution in [-0.4, -0.2) is 32.4 Å². The summed E-state index contributed by atoms with van der Waals surface area (Å²) in [5.41, 5.74) is 3.47. The molecule has 0 saturated heterocycles. The number of oxazole rings is 1. The van der Waals surface area contributed by atoms with Gasteiger partial charge in [0, 0.05) is 23.7 Å². The molecule has 0 bridgehead atoms. The minimum atomic E-state index is 0.670. The third-order valence-corrected chi connectivity index (χ3v) is 4.11. The predicted molar refractivity (Wildman–Crippen MR) is 94.5 cm³/mol. The van der Waals surface area contributed by atoms with Gasteiger partial charge in [-0.15, -0.1) is 0 Å². The highest BCUT2D eigenvalue weighted by atomic mass is 16.5. The van der Waals surface area contributed by atoms with Gasteiger partial charge in [-0.3, -0.25) is 0 Å². The molecule has 1 aromatic heterocycles. The first-order chi connectivity index (χ1) is 12.3. The van der Waals surface area contributed by atoms with Crippen LogP contribution in [0.3, 0.4) is 0 Å². The number of hydrogen-bond acceptors (Lipinski definition) is 6. The maximum Gasteiger partial charge on any atom is 0.182 e. The van der Waals surface area contributed by atoms with Gasteiger partial charge in [-0.25, -0.2) is 4.98 Å². The number of benzene rings is 2. The summed E-state index contributed by atoms with van der Waals surface area (Å²) < 4.78 is 22.0. The fourth-order valence-electron chi connectivity index (χ4n) is 2.88. The first-order valence-electron chi connectivity index (χ1n) is 7.96. The largest absolute Gasteiger partial charge is 0.497 e. The van der Waals surface area contributed by atoms with E-state index in [1.807, 2.05) is 36.4 Å². The minimum Gasteiger partial charge on any atom is -0.497 e. The summed E-state index contributed by atoms with van der Waals surface area (Å²) in [6.45, 7) is 1.45. The summed E-state index contributed by atoms with van der Waals surface area (Å²) in [4.78, 5) is 4.40. The highest BCUT2D eigenvalue weighted by Gasteiger charge is 2.18. The van der Waals surface area contributed by atoms with E-state index < -0.39 is 0 Å². The van der Waals surface area contributed by atoms with Gasteiger partial charge in [0.15, 0.2) is 12.2 Å². The van der Waals surface area contributed by atoms with Crippen LogP contribution in [0.15, 0.2) is 47.2 Å². The number of anilines is 1. The van der Waals surface area contributed by atoms with Crippen molar-refractivity contribution >= 4 is 5.69 Å². The normalized spacial score (nSPS) is 12.7. The van der Waals surface area contributed by atoms with E-state index in [4.69, 9.17) is 18.6 Å². The van der Waals surface area contributed by atoms with Gasteiger partial charge in [0.05, 0.1) is 19.9 Å². The van der Waals surface area contributed by atoms with Crippen molar-refractivity contribution in [1.29, 1.82) is 0 Å². The Morgan fingerprint density at radius 1 is 1.00 bits per heavy atom. The van der Waals surface area contributed by atoms with Crippen molar-refractivity contribution in [2.45, 2.75) is 0 Å². The van der Waals surface area contributed by atoms with Crippen LogP contribution in [-0.2, 0) is 0 Å². The molecule has 0 atom stereocenters. The van der Waals surface area contributed by atoms with E-state index in [0.29, 0.717) is 23.9 Å². The van der Waals surface area contributed by atoms with E-state index in [1.165, 1.54) is 6.39 Å². The maximum atomic E-state index is 5.68. The number of methoxy groups -OCH3 is 2. The van der Waals surface area contributed by atoms with E-state index in [2.05, 4.69) is 10.3 Å². The van der Waals surface area contributed by atoms with Crippen molar-refractivity contribution in [3.8, 4) is 39.8 Å². The lowest BCUT2D eigenvalue weighted by Gasteiger charge is -2.19. The Bertz CT molecular complexity index is 882. The van der Waals surface area contributed by atoms with Crippen molar-refractivity contribution < 1.29 is 18.6 Å². The van der Waals surface area contributed by atoms with Gasteiger partial charge >= 0.3 is 0 Å². The number of nitrogens with zero attached hydrogens (tertiary/aromatic N) is 1. The molecule has 25 heavy (non-hydrogen) atoms. The molecule has 4 rings (SSSR count). The average molecular weight is 338 g/mol. The number of aromatic nitrogens is 1. The van der Waals surface area contributed by atoms with Crippen LogP contribution in [0.4, 0.5) is 5.69 Å². The molecular weight excluding hydrogens is 320 g/mol. The van der Waals surface area contributed by atoms with Gasteiger partial charge < -0.3 is 23.9 Å². The van der Waals surface area contributed by atoms with Gasteiger partial charge in [-0.2, -0.15) is 0 Å². The molecule has 6 heteroatoms. The van der Waals surface area contributed by atoms with Gasteiger partial charge in [0.1, 0.15) is 29.5 Å². The van der Waals surface area contributed by atoms with Crippen LogP contribution in [0.1, 0.15) is 0 Å². The van der Waals surface area contributed by atoms with Crippen LogP contribution < -0.4 is 19.5 Å². The van der Waals surface area contributed by atoms with Crippen molar-refractivity contribution in [1.82, 2.24) is 4.98 Å². The van der Waals surface area contributed by atoms with E-state index >= 15 is 0 Å². The second-order valence-electron chi connectivity index (χ2n) is 5.62. The number of hydrogen-bond donors (Lipinski definition) is 1. The van der Waals surface area contributed by atoms with Gasteiger partial charge in [0.25, 0.3) is 0 Å². The van der Waals surface area contributed by atoms with E-state index in [1.54, 1.807) is 14.2 Å². The molecule has 0 unspecified atom stereocenters. The Morgan fingerprint density at radius 3 is 2.56 bits per heavy atom. The number of nitrogens with one attached hydrogen (secondary N) is 1. The molecule has 2 aromatic carbocycles. The molecule has 0 fully saturated rings. The highest BCUT2D eigenvalue weighted by molar-refractivity contribution is 5.80. The molecule has 1 aliphatic heterocycles. The second kappa shape index (κ2) is 6.39. The lowest BCUT2D eigenvalue weighted by atomic mass is 10.0. The highest BCUT2D eigenvalue weighted by Crippen LogP contribution is 2.38. The Hall–Kier alpha value is -3.15. The van der Waals surface area contributed by atoms with Crippen molar-refractivity contribution in [3.63, 3.8) is 0 Å². The third-order valence-electron chi connectivity index (χ3n) is 4.11. The van der Waals surface area contributed by atoms with Crippen LogP contribution in [0.2, 0.25) is 0 Å². The molecule has 0 saturated carbocycles. The molecule has 1 aliphatic rings. The standard InChI is InChI=1S/C19H18N2O4/c1-22-14-7-13(8-15(10-14)23-2)18-19(25-11-21-18)12-3-4-17-16(9-12)20-5-6-24-17/h3-4,7-11,20H,5-6H2,1-2H3. The van der Waals surface area contributed by atoms with E-state index in [0.717, 1.165) is 34.8 Å². The Labute approximate surface area is 145 Å². The first-order valence-corrected chi connectivity index (χ1v) is 7.96. The fourth-order valence-corrected chi connectivity index (χ4v) is 2.88. The molecule has 2 heterocycles. The van der Waals surface area contributed by atoms with Crippen molar-refractivity contribution in [2.75, 3.05) is 32.7 Å². The number of rotatable bonds is 4. The number of fused-ring (bicyclic) bond motifs is 1. The topological polar surface area (TPSA) is 65.8 Å². The summed E-state index contributed by atoms with van der Waals surface area (Å²) in [6.07, 6.45) is 1.44. The van der Waals surface area contributed by atoms with Gasteiger partial charge in [-0.1, -0.05) is 0 Å². The van der Waals surface area contributed by atoms with Crippen molar-refractivity contribution in [3.05, 3.63) is 42.8 Å². The SMILES string of the molecule is COc1cc(OC)cc(-c2ncoc2-c2ccc3c(c2)NCCO3)c1. The lowest BCUT2D eigenvalue weighted by molar-refractivity contribution is 0.323. The molecule has 6 nitrogen and oxygen atoms in total. The summed E-state index contributed by atoms with van der Waals surface area (Å²) in [7, 11) is 3.24. The summed E-state index contributed by atoms with van der Waals surface area (Å²) in [5.74, 6) is 2.93. The third kappa shape index (κ3) is 2.87. The molecule has 128 valence electrons. The zero-order valence-corrected chi connectivity index (χ0v) is 14.0. The zero-order chi connectivity index (χ0) is 17.2. The van der Waals surface area contributed by atoms with Crippen LogP contribution in [0.25, 0.3) is 22.6 Å². The van der Waals surface area contributed by atoms with Crippen LogP contribution >= 0.6 is 0 Å². The smallest absolute Gasteiger partial charge is 0.182 e. The zero-order valence-electron chi connectivity index (χ0n) is 14.0. The van der Waals surface area contributed by atoms with Crippen LogP contribution in [0.5, 0.6) is 17.2 Å². The van der Waals surface area contributed by atoms with E-state index in [9.17, 15) is 0 Å². The lowest BCUT2D eigenvalue weighted by Crippen LogP contribution is -2.17. The molecule has 3 aromatic rings. The van der Waals surface area contributed by atoms with Crippen LogP contribution in [0, 0.1) is 0 Å². The minimum absolute atomic E-state index is 0.670. The summed E-state index contributed by atoms with van der Waals surface area (Å²) >= 11 is 0. The summed E-state index contributed by atoms with van der Waals surface area (Å²) in [6, 6.07) is 11.6. The molecule has 0 amide bonds. The Kier molecular flexibility index (Phi) is 3.93. The molecular formula is C19H18N2O4. The Balaban J connectivity index is 1.79. The first kappa shape index (κ1) is 15.4.